The maximum absolute atomic E-state index is 13.1. The van der Waals surface area contributed by atoms with Gasteiger partial charge in [-0.25, -0.2) is 9.37 Å². The lowest BCUT2D eigenvalue weighted by Gasteiger charge is -2.38. The number of halogens is 3. The summed E-state index contributed by atoms with van der Waals surface area (Å²) in [7, 11) is 0. The molecule has 47 heavy (non-hydrogen) atoms. The molecule has 5 nitrogen and oxygen atoms in total. The van der Waals surface area contributed by atoms with E-state index in [1.807, 2.05) is 0 Å². The third kappa shape index (κ3) is 4.27. The van der Waals surface area contributed by atoms with E-state index in [1.165, 1.54) is 67.0 Å². The number of hydrogen-bond donors (Lipinski definition) is 1. The maximum atomic E-state index is 13.1. The van der Waals surface area contributed by atoms with E-state index in [-0.39, 0.29) is 26.4 Å². The van der Waals surface area contributed by atoms with Crippen molar-refractivity contribution >= 4 is 80.9 Å². The van der Waals surface area contributed by atoms with Crippen molar-refractivity contribution in [3.63, 3.8) is 0 Å². The first-order chi connectivity index (χ1) is 22.9. The molecular weight excluding hydrogens is 671 g/mol. The Bertz CT molecular complexity index is 2260. The van der Waals surface area contributed by atoms with Crippen molar-refractivity contribution in [1.29, 1.82) is 0 Å². The first kappa shape index (κ1) is 30.1. The van der Waals surface area contributed by atoms with Crippen LogP contribution in [0.15, 0.2) is 29.2 Å². The molecule has 0 unspecified atom stereocenters. The number of carbonyl (C=O) groups excluding carboxylic acids is 1. The quantitative estimate of drug-likeness (QED) is 0.0917. The number of hydrogen-bond acceptors (Lipinski definition) is 4. The van der Waals surface area contributed by atoms with Gasteiger partial charge in [0.05, 0.1) is 26.4 Å². The van der Waals surface area contributed by atoms with Crippen LogP contribution in [-0.4, -0.2) is 49.3 Å². The third-order valence-electron chi connectivity index (χ3n) is 10.9. The average molecular weight is 703 g/mol. The molecule has 0 aromatic heterocycles. The lowest BCUT2D eigenvalue weighted by Crippen LogP contribution is -2.45. The standard InChI is InChI=1S/C38H31Cl3N2O3S/c39-32-31(38(45)46)30(33(40)37(34(32)41)47-16-15-44)28-23-10-9-21-22-7-3-13-42-11-1-5-19(35(22)42)17-25(21)27(23)29-24-8-4-14-43-12-2-6-20(36(24)43)18-26(28)29/h9-10,15,17-18H,1-8,11-14,16H2/p+1. The second-order valence-corrected chi connectivity index (χ2v) is 15.5. The van der Waals surface area contributed by atoms with E-state index in [0.29, 0.717) is 10.5 Å². The second-order valence-electron chi connectivity index (χ2n) is 13.3. The number of aryl methyl sites for hydroxylation is 3. The number of aromatic carboxylic acids is 1. The van der Waals surface area contributed by atoms with Crippen LogP contribution in [0.4, 0.5) is 5.69 Å². The number of benzene rings is 4. The molecule has 0 amide bonds. The van der Waals surface area contributed by atoms with E-state index in [2.05, 4.69) is 33.7 Å². The summed E-state index contributed by atoms with van der Waals surface area (Å²) in [5.41, 5.74) is 11.4. The molecule has 0 spiro atoms. The van der Waals surface area contributed by atoms with Gasteiger partial charge < -0.3 is 14.8 Å². The summed E-state index contributed by atoms with van der Waals surface area (Å²) >= 11 is 21.9. The molecule has 4 aromatic carbocycles. The Balaban J connectivity index is 1.47. The van der Waals surface area contributed by atoms with Crippen molar-refractivity contribution in [2.45, 2.75) is 56.3 Å². The Labute approximate surface area is 291 Å². The molecule has 0 atom stereocenters. The molecule has 0 fully saturated rings. The van der Waals surface area contributed by atoms with Crippen LogP contribution >= 0.6 is 46.6 Å². The van der Waals surface area contributed by atoms with Gasteiger partial charge in [-0.05, 0) is 94.5 Å². The van der Waals surface area contributed by atoms with Crippen LogP contribution in [0.1, 0.15) is 69.4 Å². The number of nitrogens with zero attached hydrogens (tertiary/aromatic N) is 2. The highest BCUT2D eigenvalue weighted by atomic mass is 35.5. The van der Waals surface area contributed by atoms with Crippen molar-refractivity contribution in [1.82, 2.24) is 4.58 Å². The van der Waals surface area contributed by atoms with E-state index in [9.17, 15) is 14.7 Å². The smallest absolute Gasteiger partial charge is 0.337 e. The molecule has 4 aromatic rings. The Hall–Kier alpha value is -3.03. The minimum Gasteiger partial charge on any atom is -0.478 e. The van der Waals surface area contributed by atoms with E-state index in [0.717, 1.165) is 100 Å². The number of aldehydes is 1. The molecular formula is C38H32Cl3N2O3S+. The molecule has 4 heterocycles. The summed E-state index contributed by atoms with van der Waals surface area (Å²) in [4.78, 5) is 27.5. The number of anilines is 1. The fraction of sp³-hybridized carbons (Fsp3) is 0.342. The summed E-state index contributed by atoms with van der Waals surface area (Å²) in [6.45, 7) is 4.35. The molecule has 0 saturated heterocycles. The molecule has 4 aliphatic heterocycles. The third-order valence-corrected chi connectivity index (χ3v) is 13.3. The molecule has 5 aliphatic rings. The molecule has 9 heteroatoms. The summed E-state index contributed by atoms with van der Waals surface area (Å²) < 4.78 is 2.56. The number of fused-ring (bicyclic) bond motifs is 7. The van der Waals surface area contributed by atoms with Crippen molar-refractivity contribution in [2.24, 2.45) is 0 Å². The van der Waals surface area contributed by atoms with Gasteiger partial charge in [0.2, 0.25) is 5.36 Å². The minimum absolute atomic E-state index is 0.0562. The normalized spacial score (nSPS) is 17.4. The topological polar surface area (TPSA) is 60.6 Å². The summed E-state index contributed by atoms with van der Waals surface area (Å²) in [5, 5.41) is 15.8. The van der Waals surface area contributed by atoms with Gasteiger partial charge in [0.1, 0.15) is 19.4 Å². The van der Waals surface area contributed by atoms with Gasteiger partial charge in [0.25, 0.3) is 0 Å². The molecule has 9 rings (SSSR count). The zero-order valence-electron chi connectivity index (χ0n) is 25.8. The molecule has 0 bridgehead atoms. The zero-order chi connectivity index (χ0) is 32.1. The van der Waals surface area contributed by atoms with E-state index in [4.69, 9.17) is 34.8 Å². The zero-order valence-corrected chi connectivity index (χ0v) is 28.9. The van der Waals surface area contributed by atoms with Gasteiger partial charge >= 0.3 is 5.97 Å². The van der Waals surface area contributed by atoms with Crippen LogP contribution in [0.5, 0.6) is 0 Å². The lowest BCUT2D eigenvalue weighted by molar-refractivity contribution is -0.105. The Kier molecular flexibility index (Phi) is 7.20. The van der Waals surface area contributed by atoms with Gasteiger partial charge in [0, 0.05) is 58.8 Å². The highest BCUT2D eigenvalue weighted by molar-refractivity contribution is 8.00. The largest absolute Gasteiger partial charge is 0.478 e. The van der Waals surface area contributed by atoms with Crippen molar-refractivity contribution in [3.8, 4) is 11.1 Å². The van der Waals surface area contributed by atoms with Crippen LogP contribution in [-0.2, 0) is 30.5 Å². The Morgan fingerprint density at radius 2 is 1.60 bits per heavy atom. The number of carboxylic acids is 1. The molecule has 238 valence electrons. The summed E-state index contributed by atoms with van der Waals surface area (Å²) in [5.74, 6) is -1.07. The van der Waals surface area contributed by atoms with Crippen LogP contribution in [0.2, 0.25) is 15.1 Å². The molecule has 0 saturated carbocycles. The molecule has 0 radical (unpaired) electrons. The summed E-state index contributed by atoms with van der Waals surface area (Å²) in [6.07, 6.45) is 9.31. The first-order valence-corrected chi connectivity index (χ1v) is 18.7. The van der Waals surface area contributed by atoms with E-state index >= 15 is 0 Å². The predicted octanol–water partition coefficient (Wildman–Crippen LogP) is 7.10. The van der Waals surface area contributed by atoms with Crippen molar-refractivity contribution < 1.29 is 14.7 Å². The summed E-state index contributed by atoms with van der Waals surface area (Å²) in [6, 6.07) is 9.18. The van der Waals surface area contributed by atoms with Crippen LogP contribution < -0.4 is 20.1 Å². The second kappa shape index (κ2) is 11.3. The highest BCUT2D eigenvalue weighted by Gasteiger charge is 2.37. The number of carbonyl (C=O) groups is 2. The predicted molar refractivity (Wildman–Crippen MR) is 192 cm³/mol. The van der Waals surface area contributed by atoms with Gasteiger partial charge in [0.15, 0.2) is 0 Å². The van der Waals surface area contributed by atoms with Gasteiger partial charge in [-0.15, -0.1) is 11.8 Å². The fourth-order valence-electron chi connectivity index (χ4n) is 9.23. The lowest BCUT2D eigenvalue weighted by atomic mass is 9.83. The van der Waals surface area contributed by atoms with Crippen molar-refractivity contribution in [3.05, 3.63) is 88.9 Å². The fourth-order valence-corrected chi connectivity index (χ4v) is 11.1. The van der Waals surface area contributed by atoms with Gasteiger partial charge in [-0.1, -0.05) is 46.9 Å². The maximum Gasteiger partial charge on any atom is 0.337 e. The Morgan fingerprint density at radius 3 is 2.38 bits per heavy atom. The number of thioether (sulfide) groups is 1. The van der Waals surface area contributed by atoms with Gasteiger partial charge in [-0.3, -0.25) is 0 Å². The first-order valence-electron chi connectivity index (χ1n) is 16.6. The van der Waals surface area contributed by atoms with Gasteiger partial charge in [-0.2, -0.15) is 0 Å². The van der Waals surface area contributed by atoms with Crippen LogP contribution in [0, 0.1) is 0 Å². The minimum atomic E-state index is -1.19. The number of carboxylic acid groups (broad SMARTS) is 1. The van der Waals surface area contributed by atoms with Crippen molar-refractivity contribution in [2.75, 3.05) is 36.8 Å². The van der Waals surface area contributed by atoms with E-state index < -0.39 is 5.97 Å². The number of rotatable bonds is 5. The monoisotopic (exact) mass is 701 g/mol. The van der Waals surface area contributed by atoms with Crippen LogP contribution in [0.25, 0.3) is 27.5 Å². The molecule has 1 N–H and O–H groups in total. The Morgan fingerprint density at radius 1 is 0.851 bits per heavy atom. The SMILES string of the molecule is O=CCSc1c(Cl)c(Cl)c(C(=O)O)c(C2=c3cc4c5c(c3-c3c2ccc2c6c7c(cc32)CCCN7CCC6)CCC[N+]=5CCC4)c1Cl. The molecule has 1 aliphatic carbocycles. The average Bonchev–Trinajstić information content (AvgIpc) is 3.41. The van der Waals surface area contributed by atoms with E-state index in [1.54, 1.807) is 0 Å². The van der Waals surface area contributed by atoms with Crippen LogP contribution in [0.3, 0.4) is 0 Å². The highest BCUT2D eigenvalue weighted by Crippen LogP contribution is 2.51.